The minimum Gasteiger partial charge on any atom is -0.489 e. The van der Waals surface area contributed by atoms with Crippen LogP contribution in [0.2, 0.25) is 0 Å². The summed E-state index contributed by atoms with van der Waals surface area (Å²) in [6.45, 7) is 3.96. The Labute approximate surface area is 149 Å². The minimum absolute atomic E-state index is 0.0706. The van der Waals surface area contributed by atoms with Crippen LogP contribution in [-0.4, -0.2) is 65.1 Å². The molecule has 2 atom stereocenters. The van der Waals surface area contributed by atoms with E-state index in [0.717, 1.165) is 24.9 Å². The first-order valence-electron chi connectivity index (χ1n) is 8.40. The molecule has 1 aliphatic rings. The summed E-state index contributed by atoms with van der Waals surface area (Å²) in [6, 6.07) is 4.57. The molecule has 1 saturated heterocycles. The van der Waals surface area contributed by atoms with Gasteiger partial charge in [-0.3, -0.25) is 4.90 Å². The van der Waals surface area contributed by atoms with E-state index >= 15 is 0 Å². The van der Waals surface area contributed by atoms with Crippen LogP contribution in [0.25, 0.3) is 0 Å². The number of ether oxygens (including phenoxy) is 2. The zero-order valence-electron chi connectivity index (χ0n) is 15.0. The highest BCUT2D eigenvalue weighted by Gasteiger charge is 2.33. The maximum absolute atomic E-state index is 13.8. The number of methoxy groups -OCH3 is 1. The number of nitrogens with one attached hydrogen (secondary N) is 1. The Hall–Kier alpha value is -1.22. The second-order valence-electron chi connectivity index (χ2n) is 6.43. The highest BCUT2D eigenvalue weighted by atomic mass is 32.2. The Bertz CT molecular complexity index is 648. The topological polar surface area (TPSA) is 67.9 Å². The molecule has 25 heavy (non-hydrogen) atoms. The molecule has 0 spiro atoms. The predicted octanol–water partition coefficient (Wildman–Crippen LogP) is 1.54. The first kappa shape index (κ1) is 20.1. The number of benzene rings is 1. The lowest BCUT2D eigenvalue weighted by molar-refractivity contribution is 0.0400. The minimum atomic E-state index is -3.29. The van der Waals surface area contributed by atoms with E-state index in [0.29, 0.717) is 19.8 Å². The molecule has 1 fully saturated rings. The summed E-state index contributed by atoms with van der Waals surface area (Å²) >= 11 is 0. The molecule has 2 rings (SSSR count). The lowest BCUT2D eigenvalue weighted by Gasteiger charge is -2.40. The molecule has 0 unspecified atom stereocenters. The van der Waals surface area contributed by atoms with Gasteiger partial charge in [-0.15, -0.1) is 0 Å². The molecule has 0 radical (unpaired) electrons. The lowest BCUT2D eigenvalue weighted by atomic mass is 9.97. The van der Waals surface area contributed by atoms with Crippen LogP contribution in [0.15, 0.2) is 18.2 Å². The Morgan fingerprint density at radius 3 is 2.80 bits per heavy atom. The normalized spacial score (nSPS) is 22.1. The monoisotopic (exact) mass is 374 g/mol. The molecule has 0 aromatic heterocycles. The third-order valence-electron chi connectivity index (χ3n) is 4.39. The summed E-state index contributed by atoms with van der Waals surface area (Å²) in [5.74, 6) is -0.0997. The van der Waals surface area contributed by atoms with E-state index in [1.54, 1.807) is 26.2 Å². The number of hydrogen-bond acceptors (Lipinski definition) is 5. The van der Waals surface area contributed by atoms with Gasteiger partial charge in [0.25, 0.3) is 0 Å². The van der Waals surface area contributed by atoms with Crippen molar-refractivity contribution >= 4 is 10.0 Å². The first-order valence-corrected chi connectivity index (χ1v) is 10.3. The number of piperidine rings is 1. The summed E-state index contributed by atoms with van der Waals surface area (Å²) in [5, 5.41) is 0. The third-order valence-corrected chi connectivity index (χ3v) is 5.12. The molecular formula is C17H27FN2O4S. The van der Waals surface area contributed by atoms with Gasteiger partial charge in [-0.25, -0.2) is 17.5 Å². The maximum Gasteiger partial charge on any atom is 0.209 e. The molecule has 1 aromatic carbocycles. The van der Waals surface area contributed by atoms with E-state index in [2.05, 4.69) is 9.62 Å². The molecule has 0 saturated carbocycles. The van der Waals surface area contributed by atoms with Gasteiger partial charge in [0, 0.05) is 25.7 Å². The Morgan fingerprint density at radius 2 is 2.16 bits per heavy atom. The quantitative estimate of drug-likeness (QED) is 0.748. The molecular weight excluding hydrogens is 347 g/mol. The number of likely N-dealkylation sites (tertiary alicyclic amines) is 1. The number of sulfonamides is 1. The fourth-order valence-corrected chi connectivity index (χ4v) is 4.10. The van der Waals surface area contributed by atoms with Crippen LogP contribution in [0.1, 0.15) is 18.4 Å². The van der Waals surface area contributed by atoms with Crippen LogP contribution < -0.4 is 9.46 Å². The molecule has 6 nitrogen and oxygen atoms in total. The van der Waals surface area contributed by atoms with E-state index in [-0.39, 0.29) is 23.7 Å². The molecule has 1 aromatic rings. The fourth-order valence-electron chi connectivity index (χ4n) is 3.27. The van der Waals surface area contributed by atoms with Gasteiger partial charge in [-0.2, -0.15) is 0 Å². The van der Waals surface area contributed by atoms with E-state index in [1.807, 2.05) is 0 Å². The fraction of sp³-hybridized carbons (Fsp3) is 0.647. The van der Waals surface area contributed by atoms with Gasteiger partial charge in [-0.1, -0.05) is 12.1 Å². The van der Waals surface area contributed by atoms with Gasteiger partial charge in [-0.05, 0) is 37.9 Å². The second kappa shape index (κ2) is 8.93. The molecule has 142 valence electrons. The standard InChI is InChI=1S/C17H27FN2O4S/c1-13-6-4-7-14(18)17(13)24-11-10-20-9-5-8-15(16(20)12-23-2)19-25(3,21)22/h4,6-7,15-16,19H,5,8-12H2,1-3H3/t15-,16-/m0/s1. The van der Waals surface area contributed by atoms with Crippen LogP contribution in [0.4, 0.5) is 4.39 Å². The second-order valence-corrected chi connectivity index (χ2v) is 8.21. The van der Waals surface area contributed by atoms with Gasteiger partial charge >= 0.3 is 0 Å². The van der Waals surface area contributed by atoms with Crippen molar-refractivity contribution in [1.29, 1.82) is 0 Å². The third kappa shape index (κ3) is 5.91. The van der Waals surface area contributed by atoms with Crippen molar-refractivity contribution < 1.29 is 22.3 Å². The number of para-hydroxylation sites is 1. The Balaban J connectivity index is 1.99. The molecule has 0 amide bonds. The summed E-state index contributed by atoms with van der Waals surface area (Å²) in [6.07, 6.45) is 2.82. The smallest absolute Gasteiger partial charge is 0.209 e. The summed E-state index contributed by atoms with van der Waals surface area (Å²) < 4.78 is 50.6. The van der Waals surface area contributed by atoms with Crippen LogP contribution in [0, 0.1) is 12.7 Å². The van der Waals surface area contributed by atoms with Crippen molar-refractivity contribution in [2.24, 2.45) is 0 Å². The Morgan fingerprint density at radius 1 is 1.40 bits per heavy atom. The van der Waals surface area contributed by atoms with Crippen LogP contribution in [0.3, 0.4) is 0 Å². The highest BCUT2D eigenvalue weighted by molar-refractivity contribution is 7.88. The number of halogens is 1. The van der Waals surface area contributed by atoms with Crippen LogP contribution >= 0.6 is 0 Å². The average molecular weight is 374 g/mol. The van der Waals surface area contributed by atoms with Crippen molar-refractivity contribution in [3.8, 4) is 5.75 Å². The van der Waals surface area contributed by atoms with Gasteiger partial charge in [0.05, 0.1) is 12.9 Å². The van der Waals surface area contributed by atoms with E-state index in [4.69, 9.17) is 9.47 Å². The van der Waals surface area contributed by atoms with Crippen molar-refractivity contribution in [3.63, 3.8) is 0 Å². The molecule has 0 bridgehead atoms. The molecule has 8 heteroatoms. The van der Waals surface area contributed by atoms with E-state index in [1.165, 1.54) is 12.3 Å². The Kier molecular flexibility index (Phi) is 7.18. The first-order chi connectivity index (χ1) is 11.8. The number of rotatable bonds is 8. The largest absolute Gasteiger partial charge is 0.489 e. The van der Waals surface area contributed by atoms with Gasteiger partial charge in [0.15, 0.2) is 11.6 Å². The van der Waals surface area contributed by atoms with Gasteiger partial charge in [0.1, 0.15) is 6.61 Å². The van der Waals surface area contributed by atoms with Gasteiger partial charge < -0.3 is 9.47 Å². The van der Waals surface area contributed by atoms with Crippen LogP contribution in [-0.2, 0) is 14.8 Å². The number of aryl methyl sites for hydroxylation is 1. The van der Waals surface area contributed by atoms with Crippen molar-refractivity contribution in [1.82, 2.24) is 9.62 Å². The van der Waals surface area contributed by atoms with Crippen molar-refractivity contribution in [2.75, 3.05) is 39.7 Å². The molecule has 0 aliphatic carbocycles. The number of nitrogens with zero attached hydrogens (tertiary/aromatic N) is 1. The van der Waals surface area contributed by atoms with Crippen LogP contribution in [0.5, 0.6) is 5.75 Å². The molecule has 1 heterocycles. The number of hydrogen-bond donors (Lipinski definition) is 1. The molecule has 1 N–H and O–H groups in total. The van der Waals surface area contributed by atoms with Crippen molar-refractivity contribution in [2.45, 2.75) is 31.8 Å². The summed E-state index contributed by atoms with van der Waals surface area (Å²) in [7, 11) is -1.69. The van der Waals surface area contributed by atoms with Crippen molar-refractivity contribution in [3.05, 3.63) is 29.6 Å². The maximum atomic E-state index is 13.8. The lowest BCUT2D eigenvalue weighted by Crippen LogP contribution is -2.57. The molecule has 1 aliphatic heterocycles. The summed E-state index contributed by atoms with van der Waals surface area (Å²) in [4.78, 5) is 2.14. The SMILES string of the molecule is COC[C@H]1[C@@H](NS(C)(=O)=O)CCCN1CCOc1c(C)cccc1F. The highest BCUT2D eigenvalue weighted by Crippen LogP contribution is 2.22. The zero-order chi connectivity index (χ0) is 18.4. The van der Waals surface area contributed by atoms with Gasteiger partial charge in [0.2, 0.25) is 10.0 Å². The summed E-state index contributed by atoms with van der Waals surface area (Å²) in [5.41, 5.74) is 0.753. The average Bonchev–Trinajstić information content (AvgIpc) is 2.51. The zero-order valence-corrected chi connectivity index (χ0v) is 15.8. The van der Waals surface area contributed by atoms with E-state index in [9.17, 15) is 12.8 Å². The van der Waals surface area contributed by atoms with E-state index < -0.39 is 10.0 Å². The predicted molar refractivity (Wildman–Crippen MR) is 94.9 cm³/mol.